The average Bonchev–Trinajstić information content (AvgIpc) is 2.47. The van der Waals surface area contributed by atoms with E-state index in [2.05, 4.69) is 10.4 Å². The number of carbonyl (C=O) groups is 1. The maximum atomic E-state index is 11.4. The quantitative estimate of drug-likeness (QED) is 0.884. The Hall–Kier alpha value is -2.18. The molecule has 6 nitrogen and oxygen atoms in total. The van der Waals surface area contributed by atoms with Crippen LogP contribution in [0.3, 0.4) is 0 Å². The zero-order chi connectivity index (χ0) is 13.9. The molecule has 1 aliphatic rings. The van der Waals surface area contributed by atoms with Gasteiger partial charge >= 0.3 is 5.97 Å². The maximum Gasteiger partial charge on any atom is 0.339 e. The van der Waals surface area contributed by atoms with Crippen LogP contribution in [-0.2, 0) is 4.74 Å². The standard InChI is InChI=1S/C14H15N3O3/c18-14(19)11-9-10-3-1-2-4-12(10)15-13(11)16-17-5-7-20-8-6-17/h1-4,9H,5-8H2,(H,15,16)(H,18,19). The second-order valence-corrected chi connectivity index (χ2v) is 4.59. The van der Waals surface area contributed by atoms with Gasteiger partial charge in [0.05, 0.1) is 18.7 Å². The zero-order valence-electron chi connectivity index (χ0n) is 10.9. The van der Waals surface area contributed by atoms with E-state index in [1.807, 2.05) is 29.3 Å². The average molecular weight is 273 g/mol. The molecular weight excluding hydrogens is 258 g/mol. The number of morpholine rings is 1. The number of carboxylic acid groups (broad SMARTS) is 1. The number of para-hydroxylation sites is 1. The molecule has 2 heterocycles. The molecule has 0 atom stereocenters. The van der Waals surface area contributed by atoms with Crippen LogP contribution in [0.1, 0.15) is 10.4 Å². The van der Waals surface area contributed by atoms with Gasteiger partial charge in [-0.25, -0.2) is 14.8 Å². The van der Waals surface area contributed by atoms with Crippen molar-refractivity contribution in [2.45, 2.75) is 0 Å². The van der Waals surface area contributed by atoms with Gasteiger partial charge in [-0.3, -0.25) is 0 Å². The Balaban J connectivity index is 1.98. The lowest BCUT2D eigenvalue weighted by Gasteiger charge is -2.28. The number of pyridine rings is 1. The minimum absolute atomic E-state index is 0.176. The van der Waals surface area contributed by atoms with Gasteiger partial charge < -0.3 is 15.3 Å². The second kappa shape index (κ2) is 5.44. The summed E-state index contributed by atoms with van der Waals surface area (Å²) in [6.07, 6.45) is 0. The highest BCUT2D eigenvalue weighted by molar-refractivity contribution is 5.97. The van der Waals surface area contributed by atoms with Gasteiger partial charge in [-0.1, -0.05) is 18.2 Å². The molecule has 0 bridgehead atoms. The van der Waals surface area contributed by atoms with Crippen LogP contribution in [0.2, 0.25) is 0 Å². The Morgan fingerprint density at radius 3 is 2.80 bits per heavy atom. The molecule has 1 saturated heterocycles. The largest absolute Gasteiger partial charge is 0.478 e. The molecule has 0 unspecified atom stereocenters. The predicted octanol–water partition coefficient (Wildman–Crippen LogP) is 1.59. The molecule has 0 spiro atoms. The first-order chi connectivity index (χ1) is 9.74. The van der Waals surface area contributed by atoms with E-state index in [1.165, 1.54) is 0 Å². The lowest BCUT2D eigenvalue weighted by molar-refractivity contribution is 0.0493. The first-order valence-electron chi connectivity index (χ1n) is 6.46. The molecule has 0 aliphatic carbocycles. The number of aromatic carboxylic acids is 1. The van der Waals surface area contributed by atoms with Crippen LogP contribution in [0.25, 0.3) is 10.9 Å². The fourth-order valence-electron chi connectivity index (χ4n) is 2.19. The van der Waals surface area contributed by atoms with Gasteiger partial charge in [0.2, 0.25) is 0 Å². The summed E-state index contributed by atoms with van der Waals surface area (Å²) in [5.41, 5.74) is 4.03. The van der Waals surface area contributed by atoms with Crippen LogP contribution < -0.4 is 5.43 Å². The maximum absolute atomic E-state index is 11.4. The van der Waals surface area contributed by atoms with Gasteiger partial charge in [0.25, 0.3) is 0 Å². The van der Waals surface area contributed by atoms with E-state index in [4.69, 9.17) is 4.74 Å². The number of nitrogens with one attached hydrogen (secondary N) is 1. The Kier molecular flexibility index (Phi) is 3.49. The van der Waals surface area contributed by atoms with Gasteiger partial charge in [-0.05, 0) is 12.1 Å². The first-order valence-corrected chi connectivity index (χ1v) is 6.46. The fraction of sp³-hybridized carbons (Fsp3) is 0.286. The number of anilines is 1. The van der Waals surface area contributed by atoms with Crippen molar-refractivity contribution in [2.75, 3.05) is 31.7 Å². The lowest BCUT2D eigenvalue weighted by Crippen LogP contribution is -2.40. The third-order valence-electron chi connectivity index (χ3n) is 3.23. The Morgan fingerprint density at radius 2 is 2.05 bits per heavy atom. The van der Waals surface area contributed by atoms with Crippen molar-refractivity contribution in [3.05, 3.63) is 35.9 Å². The topological polar surface area (TPSA) is 74.7 Å². The van der Waals surface area contributed by atoms with E-state index in [9.17, 15) is 9.90 Å². The molecule has 2 N–H and O–H groups in total. The number of carboxylic acids is 1. The minimum atomic E-state index is -0.987. The molecule has 1 fully saturated rings. The molecule has 104 valence electrons. The summed E-state index contributed by atoms with van der Waals surface area (Å²) in [5.74, 6) is -0.614. The van der Waals surface area contributed by atoms with Gasteiger partial charge in [0.1, 0.15) is 5.56 Å². The summed E-state index contributed by atoms with van der Waals surface area (Å²) in [6, 6.07) is 9.12. The molecule has 3 rings (SSSR count). The van der Waals surface area contributed by atoms with Gasteiger partial charge in [-0.2, -0.15) is 0 Å². The number of hydrazine groups is 1. The molecule has 0 amide bonds. The van der Waals surface area contributed by atoms with E-state index in [-0.39, 0.29) is 5.56 Å². The molecule has 0 saturated carbocycles. The summed E-state index contributed by atoms with van der Waals surface area (Å²) < 4.78 is 5.27. The van der Waals surface area contributed by atoms with Crippen LogP contribution in [0.5, 0.6) is 0 Å². The van der Waals surface area contributed by atoms with Gasteiger partial charge in [-0.15, -0.1) is 0 Å². The van der Waals surface area contributed by atoms with E-state index < -0.39 is 5.97 Å². The van der Waals surface area contributed by atoms with E-state index in [0.717, 1.165) is 10.9 Å². The number of benzene rings is 1. The number of hydrogen-bond acceptors (Lipinski definition) is 5. The van der Waals surface area contributed by atoms with Crippen molar-refractivity contribution in [3.63, 3.8) is 0 Å². The van der Waals surface area contributed by atoms with Crippen molar-refractivity contribution in [1.82, 2.24) is 9.99 Å². The van der Waals surface area contributed by atoms with Crippen LogP contribution >= 0.6 is 0 Å². The molecule has 6 heteroatoms. The van der Waals surface area contributed by atoms with Crippen LogP contribution in [-0.4, -0.2) is 47.4 Å². The molecular formula is C14H15N3O3. The SMILES string of the molecule is O=C(O)c1cc2ccccc2nc1NN1CCOCC1. The fourth-order valence-corrected chi connectivity index (χ4v) is 2.19. The van der Waals surface area contributed by atoms with Crippen molar-refractivity contribution in [2.24, 2.45) is 0 Å². The first kappa shape index (κ1) is 12.8. The van der Waals surface area contributed by atoms with Gasteiger partial charge in [0, 0.05) is 18.5 Å². The summed E-state index contributed by atoms with van der Waals surface area (Å²) in [5, 5.41) is 12.1. The van der Waals surface area contributed by atoms with E-state index in [0.29, 0.717) is 32.1 Å². The third kappa shape index (κ3) is 2.56. The van der Waals surface area contributed by atoms with E-state index in [1.54, 1.807) is 6.07 Å². The highest BCUT2D eigenvalue weighted by Gasteiger charge is 2.17. The Morgan fingerprint density at radius 1 is 1.30 bits per heavy atom. The van der Waals surface area contributed by atoms with Crippen molar-refractivity contribution in [1.29, 1.82) is 0 Å². The van der Waals surface area contributed by atoms with Crippen LogP contribution in [0.15, 0.2) is 30.3 Å². The molecule has 2 aromatic rings. The Bertz CT molecular complexity index is 639. The summed E-state index contributed by atoms with van der Waals surface area (Å²) in [4.78, 5) is 15.8. The monoisotopic (exact) mass is 273 g/mol. The number of nitrogens with zero attached hydrogens (tertiary/aromatic N) is 2. The molecule has 1 aromatic carbocycles. The molecule has 20 heavy (non-hydrogen) atoms. The number of ether oxygens (including phenoxy) is 1. The Labute approximate surface area is 116 Å². The van der Waals surface area contributed by atoms with Crippen LogP contribution in [0, 0.1) is 0 Å². The molecule has 1 aromatic heterocycles. The van der Waals surface area contributed by atoms with Crippen LogP contribution in [0.4, 0.5) is 5.82 Å². The van der Waals surface area contributed by atoms with Crippen molar-refractivity contribution < 1.29 is 14.6 Å². The summed E-state index contributed by atoms with van der Waals surface area (Å²) in [6.45, 7) is 2.66. The highest BCUT2D eigenvalue weighted by atomic mass is 16.5. The summed E-state index contributed by atoms with van der Waals surface area (Å²) in [7, 11) is 0. The van der Waals surface area contributed by atoms with Crippen molar-refractivity contribution in [3.8, 4) is 0 Å². The lowest BCUT2D eigenvalue weighted by atomic mass is 10.1. The normalized spacial score (nSPS) is 16.2. The molecule has 1 aliphatic heterocycles. The zero-order valence-corrected chi connectivity index (χ0v) is 10.9. The smallest absolute Gasteiger partial charge is 0.339 e. The third-order valence-corrected chi connectivity index (χ3v) is 3.23. The number of aromatic nitrogens is 1. The number of rotatable bonds is 3. The molecule has 0 radical (unpaired) electrons. The van der Waals surface area contributed by atoms with Gasteiger partial charge in [0.15, 0.2) is 5.82 Å². The highest BCUT2D eigenvalue weighted by Crippen LogP contribution is 2.21. The predicted molar refractivity (Wildman–Crippen MR) is 74.7 cm³/mol. The minimum Gasteiger partial charge on any atom is -0.478 e. The second-order valence-electron chi connectivity index (χ2n) is 4.59. The number of hydrogen-bond donors (Lipinski definition) is 2. The number of fused-ring (bicyclic) bond motifs is 1. The summed E-state index contributed by atoms with van der Waals surface area (Å²) >= 11 is 0. The van der Waals surface area contributed by atoms with E-state index >= 15 is 0 Å². The van der Waals surface area contributed by atoms with Crippen molar-refractivity contribution >= 4 is 22.7 Å².